The van der Waals surface area contributed by atoms with Gasteiger partial charge in [-0.3, -0.25) is 4.98 Å². The van der Waals surface area contributed by atoms with Gasteiger partial charge in [-0.05, 0) is 37.6 Å². The summed E-state index contributed by atoms with van der Waals surface area (Å²) in [6.45, 7) is 4.52. The summed E-state index contributed by atoms with van der Waals surface area (Å²) >= 11 is 0. The summed E-state index contributed by atoms with van der Waals surface area (Å²) in [5.41, 5.74) is 2.69. The molecule has 1 aliphatic heterocycles. The number of aliphatic hydroxyl groups excluding tert-OH is 1. The van der Waals surface area contributed by atoms with Crippen LogP contribution in [0.25, 0.3) is 0 Å². The Labute approximate surface area is 89.4 Å². The van der Waals surface area contributed by atoms with Gasteiger partial charge in [-0.25, -0.2) is 0 Å². The van der Waals surface area contributed by atoms with Crippen molar-refractivity contribution in [3.05, 3.63) is 40.9 Å². The van der Waals surface area contributed by atoms with E-state index in [1.807, 2.05) is 32.1 Å². The molecular weight excluding hydrogens is 190 g/mol. The van der Waals surface area contributed by atoms with Crippen molar-refractivity contribution in [3.63, 3.8) is 0 Å². The third-order valence-electron chi connectivity index (χ3n) is 2.42. The summed E-state index contributed by atoms with van der Waals surface area (Å²) < 4.78 is 5.34. The van der Waals surface area contributed by atoms with Gasteiger partial charge in [-0.2, -0.15) is 0 Å². The normalized spacial score (nSPS) is 17.1. The van der Waals surface area contributed by atoms with E-state index >= 15 is 0 Å². The topological polar surface area (TPSA) is 42.4 Å². The maximum atomic E-state index is 10.0. The first kappa shape index (κ1) is 10.2. The summed E-state index contributed by atoms with van der Waals surface area (Å²) in [6, 6.07) is 3.78. The van der Waals surface area contributed by atoms with Crippen molar-refractivity contribution in [2.24, 2.45) is 0 Å². The zero-order valence-corrected chi connectivity index (χ0v) is 9.03. The number of nitrogens with zero attached hydrogens (tertiary/aromatic N) is 1. The lowest BCUT2D eigenvalue weighted by atomic mass is 10.1. The maximum absolute atomic E-state index is 10.0. The van der Waals surface area contributed by atoms with E-state index in [4.69, 9.17) is 4.74 Å². The van der Waals surface area contributed by atoms with Gasteiger partial charge in [0.25, 0.3) is 0 Å². The Balaban J connectivity index is 2.28. The summed E-state index contributed by atoms with van der Waals surface area (Å²) in [6.07, 6.45) is 2.18. The van der Waals surface area contributed by atoms with Gasteiger partial charge in [0.1, 0.15) is 11.9 Å². The first-order valence-corrected chi connectivity index (χ1v) is 5.13. The monoisotopic (exact) mass is 205 g/mol. The van der Waals surface area contributed by atoms with Crippen molar-refractivity contribution in [1.29, 1.82) is 0 Å². The van der Waals surface area contributed by atoms with Crippen molar-refractivity contribution < 1.29 is 9.84 Å². The molecule has 0 spiro atoms. The summed E-state index contributed by atoms with van der Waals surface area (Å²) in [4.78, 5) is 4.27. The minimum Gasteiger partial charge on any atom is -0.495 e. The third kappa shape index (κ3) is 2.18. The van der Waals surface area contributed by atoms with Crippen molar-refractivity contribution in [1.82, 2.24) is 4.98 Å². The summed E-state index contributed by atoms with van der Waals surface area (Å²) in [5, 5.41) is 10.0. The van der Waals surface area contributed by atoms with Crippen LogP contribution in [0, 0.1) is 13.8 Å². The van der Waals surface area contributed by atoms with Crippen LogP contribution in [0.15, 0.2) is 24.0 Å². The molecule has 1 aromatic rings. The lowest BCUT2D eigenvalue weighted by Gasteiger charge is -2.13. The summed E-state index contributed by atoms with van der Waals surface area (Å²) in [5.74, 6) is 0.667. The Morgan fingerprint density at radius 2 is 2.00 bits per heavy atom. The molecule has 2 heterocycles. The van der Waals surface area contributed by atoms with Gasteiger partial charge in [0.2, 0.25) is 0 Å². The van der Waals surface area contributed by atoms with E-state index in [9.17, 15) is 5.11 Å². The van der Waals surface area contributed by atoms with Gasteiger partial charge >= 0.3 is 0 Å². The van der Waals surface area contributed by atoms with Gasteiger partial charge in [-0.15, -0.1) is 0 Å². The molecule has 1 aliphatic rings. The van der Waals surface area contributed by atoms with Crippen molar-refractivity contribution in [2.45, 2.75) is 26.4 Å². The van der Waals surface area contributed by atoms with Gasteiger partial charge < -0.3 is 9.84 Å². The van der Waals surface area contributed by atoms with E-state index in [1.165, 1.54) is 0 Å². The molecule has 0 radical (unpaired) electrons. The quantitative estimate of drug-likeness (QED) is 0.803. The molecule has 0 aliphatic carbocycles. The molecule has 2 rings (SSSR count). The first-order chi connectivity index (χ1) is 7.16. The molecule has 3 nitrogen and oxygen atoms in total. The fraction of sp³-hybridized carbons (Fsp3) is 0.417. The predicted octanol–water partition coefficient (Wildman–Crippen LogP) is 2.04. The lowest BCUT2D eigenvalue weighted by molar-refractivity contribution is 0.119. The van der Waals surface area contributed by atoms with Gasteiger partial charge in [0.15, 0.2) is 0 Å². The highest BCUT2D eigenvalue weighted by Gasteiger charge is 2.18. The zero-order valence-electron chi connectivity index (χ0n) is 9.03. The standard InChI is InChI=1S/C12H15NO2/c1-8-6-10(7-9(2)13-8)12(14)11-4-3-5-15-11/h4,6-7,12,14H,3,5H2,1-2H3. The summed E-state index contributed by atoms with van der Waals surface area (Å²) in [7, 11) is 0. The maximum Gasteiger partial charge on any atom is 0.136 e. The van der Waals surface area contributed by atoms with Crippen LogP contribution >= 0.6 is 0 Å². The van der Waals surface area contributed by atoms with E-state index in [0.717, 1.165) is 23.4 Å². The minimum absolute atomic E-state index is 0.645. The Bertz CT molecular complexity index is 378. The number of pyridine rings is 1. The number of aromatic nitrogens is 1. The van der Waals surface area contributed by atoms with E-state index in [2.05, 4.69) is 4.98 Å². The van der Waals surface area contributed by atoms with Crippen LogP contribution in [0.1, 0.15) is 29.5 Å². The van der Waals surface area contributed by atoms with Crippen LogP contribution in [-0.2, 0) is 4.74 Å². The number of hydrogen-bond donors (Lipinski definition) is 1. The number of ether oxygens (including phenoxy) is 1. The number of hydrogen-bond acceptors (Lipinski definition) is 3. The second-order valence-corrected chi connectivity index (χ2v) is 3.83. The highest BCUT2D eigenvalue weighted by atomic mass is 16.5. The van der Waals surface area contributed by atoms with Crippen molar-refractivity contribution >= 4 is 0 Å². The number of aliphatic hydroxyl groups is 1. The van der Waals surface area contributed by atoms with Crippen LogP contribution in [0.3, 0.4) is 0 Å². The Kier molecular flexibility index (Phi) is 2.73. The average molecular weight is 205 g/mol. The van der Waals surface area contributed by atoms with E-state index < -0.39 is 6.10 Å². The highest BCUT2D eigenvalue weighted by molar-refractivity contribution is 5.27. The van der Waals surface area contributed by atoms with Crippen LogP contribution in [0.2, 0.25) is 0 Å². The van der Waals surface area contributed by atoms with E-state index in [-0.39, 0.29) is 0 Å². The first-order valence-electron chi connectivity index (χ1n) is 5.13. The number of rotatable bonds is 2. The van der Waals surface area contributed by atoms with E-state index in [0.29, 0.717) is 12.4 Å². The predicted molar refractivity (Wildman–Crippen MR) is 57.3 cm³/mol. The van der Waals surface area contributed by atoms with Gasteiger partial charge in [0.05, 0.1) is 6.61 Å². The third-order valence-corrected chi connectivity index (χ3v) is 2.42. The SMILES string of the molecule is Cc1cc(C(O)C2=CCCO2)cc(C)n1. The smallest absolute Gasteiger partial charge is 0.136 e. The Morgan fingerprint density at radius 3 is 2.53 bits per heavy atom. The van der Waals surface area contributed by atoms with Crippen LogP contribution in [-0.4, -0.2) is 16.7 Å². The molecule has 0 fully saturated rings. The molecular formula is C12H15NO2. The molecule has 3 heteroatoms. The molecule has 15 heavy (non-hydrogen) atoms. The van der Waals surface area contributed by atoms with Crippen LogP contribution in [0.4, 0.5) is 0 Å². The van der Waals surface area contributed by atoms with Gasteiger partial charge in [-0.1, -0.05) is 0 Å². The molecule has 1 aromatic heterocycles. The highest BCUT2D eigenvalue weighted by Crippen LogP contribution is 2.26. The van der Waals surface area contributed by atoms with Crippen molar-refractivity contribution in [3.8, 4) is 0 Å². The number of aryl methyl sites for hydroxylation is 2. The van der Waals surface area contributed by atoms with E-state index in [1.54, 1.807) is 0 Å². The molecule has 0 saturated heterocycles. The average Bonchev–Trinajstić information content (AvgIpc) is 2.67. The molecule has 1 unspecified atom stereocenters. The molecule has 0 saturated carbocycles. The minimum atomic E-state index is -0.645. The molecule has 80 valence electrons. The second kappa shape index (κ2) is 4.03. The molecule has 0 amide bonds. The molecule has 1 N–H and O–H groups in total. The van der Waals surface area contributed by atoms with Crippen molar-refractivity contribution in [2.75, 3.05) is 6.61 Å². The fourth-order valence-corrected chi connectivity index (χ4v) is 1.82. The Morgan fingerprint density at radius 1 is 1.33 bits per heavy atom. The molecule has 0 aromatic carbocycles. The lowest BCUT2D eigenvalue weighted by Crippen LogP contribution is -2.04. The molecule has 0 bridgehead atoms. The Hall–Kier alpha value is -1.35. The second-order valence-electron chi connectivity index (χ2n) is 3.83. The molecule has 1 atom stereocenters. The van der Waals surface area contributed by atoms with Crippen LogP contribution in [0.5, 0.6) is 0 Å². The van der Waals surface area contributed by atoms with Gasteiger partial charge in [0, 0.05) is 17.8 Å². The zero-order chi connectivity index (χ0) is 10.8. The fourth-order valence-electron chi connectivity index (χ4n) is 1.82. The van der Waals surface area contributed by atoms with Crippen LogP contribution < -0.4 is 0 Å². The largest absolute Gasteiger partial charge is 0.495 e.